The number of rotatable bonds is 4. The van der Waals surface area contributed by atoms with Gasteiger partial charge in [0.25, 0.3) is 5.91 Å². The molecular formula is C21H17F3N2O2. The highest BCUT2D eigenvalue weighted by Crippen LogP contribution is 2.33. The van der Waals surface area contributed by atoms with Crippen molar-refractivity contribution in [1.29, 1.82) is 0 Å². The predicted molar refractivity (Wildman–Crippen MR) is 99.6 cm³/mol. The minimum Gasteiger partial charge on any atom is -0.438 e. The molecule has 0 atom stereocenters. The summed E-state index contributed by atoms with van der Waals surface area (Å²) in [7, 11) is 0. The van der Waals surface area contributed by atoms with Crippen molar-refractivity contribution >= 4 is 11.6 Å². The number of anilines is 1. The molecule has 2 aromatic carbocycles. The van der Waals surface area contributed by atoms with E-state index in [0.29, 0.717) is 5.69 Å². The van der Waals surface area contributed by atoms with Crippen molar-refractivity contribution in [2.45, 2.75) is 20.0 Å². The number of carbonyl (C=O) groups excluding carboxylic acids is 1. The zero-order valence-corrected chi connectivity index (χ0v) is 15.2. The van der Waals surface area contributed by atoms with Crippen molar-refractivity contribution in [3.63, 3.8) is 0 Å². The van der Waals surface area contributed by atoms with Crippen molar-refractivity contribution in [3.8, 4) is 11.6 Å². The Hall–Kier alpha value is -3.35. The topological polar surface area (TPSA) is 51.2 Å². The third kappa shape index (κ3) is 4.49. The van der Waals surface area contributed by atoms with Gasteiger partial charge in [-0.3, -0.25) is 4.79 Å². The van der Waals surface area contributed by atoms with E-state index < -0.39 is 17.6 Å². The molecule has 144 valence electrons. The Morgan fingerprint density at radius 3 is 2.50 bits per heavy atom. The predicted octanol–water partition coefficient (Wildman–Crippen LogP) is 5.76. The highest BCUT2D eigenvalue weighted by molar-refractivity contribution is 6.05. The lowest BCUT2D eigenvalue weighted by Crippen LogP contribution is -2.14. The van der Waals surface area contributed by atoms with Crippen molar-refractivity contribution < 1.29 is 22.7 Å². The van der Waals surface area contributed by atoms with Crippen LogP contribution in [0.2, 0.25) is 0 Å². The van der Waals surface area contributed by atoms with Crippen LogP contribution in [0.25, 0.3) is 0 Å². The maximum Gasteiger partial charge on any atom is 0.416 e. The van der Waals surface area contributed by atoms with Gasteiger partial charge < -0.3 is 10.1 Å². The van der Waals surface area contributed by atoms with E-state index in [2.05, 4.69) is 10.3 Å². The Morgan fingerprint density at radius 1 is 1.00 bits per heavy atom. The number of pyridine rings is 1. The maximum atomic E-state index is 12.9. The number of aryl methyl sites for hydroxylation is 2. The van der Waals surface area contributed by atoms with Gasteiger partial charge in [0.2, 0.25) is 5.88 Å². The molecule has 1 N–H and O–H groups in total. The summed E-state index contributed by atoms with van der Waals surface area (Å²) in [5, 5.41) is 2.75. The number of nitrogens with one attached hydrogen (secondary N) is 1. The average molecular weight is 386 g/mol. The highest BCUT2D eigenvalue weighted by Gasteiger charge is 2.30. The van der Waals surface area contributed by atoms with Gasteiger partial charge in [-0.1, -0.05) is 12.1 Å². The first kappa shape index (κ1) is 19.4. The minimum atomic E-state index is -4.49. The molecule has 4 nitrogen and oxygen atoms in total. The van der Waals surface area contributed by atoms with Gasteiger partial charge in [-0.05, 0) is 67.4 Å². The van der Waals surface area contributed by atoms with Gasteiger partial charge in [0.15, 0.2) is 0 Å². The molecule has 0 saturated heterocycles. The average Bonchev–Trinajstić information content (AvgIpc) is 2.65. The Morgan fingerprint density at radius 2 is 1.79 bits per heavy atom. The number of amides is 1. The minimum absolute atomic E-state index is 0.0613. The first-order valence-corrected chi connectivity index (χ1v) is 8.43. The summed E-state index contributed by atoms with van der Waals surface area (Å²) in [4.78, 5) is 16.6. The number of hydrogen-bond acceptors (Lipinski definition) is 3. The van der Waals surface area contributed by atoms with Gasteiger partial charge in [0.1, 0.15) is 11.3 Å². The van der Waals surface area contributed by atoms with Gasteiger partial charge in [-0.25, -0.2) is 4.98 Å². The molecule has 3 rings (SSSR count). The van der Waals surface area contributed by atoms with Crippen molar-refractivity contribution in [3.05, 3.63) is 83.0 Å². The fraction of sp³-hybridized carbons (Fsp3) is 0.143. The Balaban J connectivity index is 1.85. The third-order valence-electron chi connectivity index (χ3n) is 4.16. The molecule has 0 spiro atoms. The van der Waals surface area contributed by atoms with Crippen LogP contribution in [0.1, 0.15) is 27.0 Å². The van der Waals surface area contributed by atoms with Crippen LogP contribution in [-0.2, 0) is 6.18 Å². The van der Waals surface area contributed by atoms with Gasteiger partial charge in [0.05, 0.1) is 5.56 Å². The van der Waals surface area contributed by atoms with Crippen LogP contribution >= 0.6 is 0 Å². The van der Waals surface area contributed by atoms with Gasteiger partial charge in [-0.15, -0.1) is 0 Å². The molecule has 3 aromatic rings. The lowest BCUT2D eigenvalue weighted by molar-refractivity contribution is -0.137. The van der Waals surface area contributed by atoms with Crippen LogP contribution in [0.4, 0.5) is 18.9 Å². The van der Waals surface area contributed by atoms with E-state index in [1.165, 1.54) is 24.4 Å². The molecule has 7 heteroatoms. The number of nitrogens with zero attached hydrogens (tertiary/aromatic N) is 1. The third-order valence-corrected chi connectivity index (χ3v) is 4.16. The van der Waals surface area contributed by atoms with Gasteiger partial charge >= 0.3 is 6.18 Å². The number of carbonyl (C=O) groups is 1. The molecule has 0 aliphatic carbocycles. The second-order valence-electron chi connectivity index (χ2n) is 6.24. The Kier molecular flexibility index (Phi) is 5.35. The lowest BCUT2D eigenvalue weighted by atomic mass is 10.1. The molecule has 0 bridgehead atoms. The first-order chi connectivity index (χ1) is 13.2. The second kappa shape index (κ2) is 7.72. The number of ether oxygens (including phenoxy) is 1. The van der Waals surface area contributed by atoms with Crippen LogP contribution in [0.5, 0.6) is 11.6 Å². The highest BCUT2D eigenvalue weighted by atomic mass is 19.4. The number of hydrogen-bond donors (Lipinski definition) is 1. The molecule has 0 aliphatic heterocycles. The van der Waals surface area contributed by atoms with Gasteiger partial charge in [-0.2, -0.15) is 13.2 Å². The fourth-order valence-electron chi connectivity index (χ4n) is 2.51. The van der Waals surface area contributed by atoms with E-state index in [-0.39, 0.29) is 17.2 Å². The molecule has 1 heterocycles. The second-order valence-corrected chi connectivity index (χ2v) is 6.24. The summed E-state index contributed by atoms with van der Waals surface area (Å²) in [5.74, 6) is -0.616. The molecule has 28 heavy (non-hydrogen) atoms. The van der Waals surface area contributed by atoms with E-state index in [1.807, 2.05) is 26.0 Å². The van der Waals surface area contributed by atoms with E-state index in [9.17, 15) is 18.0 Å². The number of benzene rings is 2. The van der Waals surface area contributed by atoms with E-state index in [1.54, 1.807) is 12.1 Å². The molecule has 1 aromatic heterocycles. The normalized spacial score (nSPS) is 11.2. The zero-order chi connectivity index (χ0) is 20.3. The molecule has 1 amide bonds. The standard InChI is InChI=1S/C21H17F3N2O2/c1-13-8-9-16(11-14(13)2)26-19(27)18-7-4-10-25-20(18)28-17-6-3-5-15(12-17)21(22,23)24/h3-12H,1-2H3,(H,26,27). The molecule has 0 saturated carbocycles. The molecular weight excluding hydrogens is 369 g/mol. The summed E-state index contributed by atoms with van der Waals surface area (Å²) in [6.07, 6.45) is -3.09. The van der Waals surface area contributed by atoms with Gasteiger partial charge in [0, 0.05) is 11.9 Å². The SMILES string of the molecule is Cc1ccc(NC(=O)c2cccnc2Oc2cccc(C(F)(F)F)c2)cc1C. The lowest BCUT2D eigenvalue weighted by Gasteiger charge is -2.12. The summed E-state index contributed by atoms with van der Waals surface area (Å²) in [6, 6.07) is 12.9. The van der Waals surface area contributed by atoms with Crippen molar-refractivity contribution in [1.82, 2.24) is 4.98 Å². The largest absolute Gasteiger partial charge is 0.438 e. The molecule has 0 aliphatic rings. The van der Waals surface area contributed by atoms with Crippen LogP contribution in [0.3, 0.4) is 0 Å². The quantitative estimate of drug-likeness (QED) is 0.620. The van der Waals surface area contributed by atoms with Crippen LogP contribution in [0, 0.1) is 13.8 Å². The Labute approximate surface area is 160 Å². The number of aromatic nitrogens is 1. The first-order valence-electron chi connectivity index (χ1n) is 8.43. The van der Waals surface area contributed by atoms with Crippen LogP contribution in [0.15, 0.2) is 60.8 Å². The summed E-state index contributed by atoms with van der Waals surface area (Å²) in [5.41, 5.74) is 1.97. The van der Waals surface area contributed by atoms with Crippen LogP contribution < -0.4 is 10.1 Å². The Bertz CT molecular complexity index is 1020. The maximum absolute atomic E-state index is 12.9. The van der Waals surface area contributed by atoms with E-state index >= 15 is 0 Å². The summed E-state index contributed by atoms with van der Waals surface area (Å²) >= 11 is 0. The zero-order valence-electron chi connectivity index (χ0n) is 15.2. The number of halogens is 3. The molecule has 0 unspecified atom stereocenters. The molecule has 0 fully saturated rings. The summed E-state index contributed by atoms with van der Waals surface area (Å²) in [6.45, 7) is 3.89. The summed E-state index contributed by atoms with van der Waals surface area (Å²) < 4.78 is 44.1. The number of alkyl halides is 3. The fourth-order valence-corrected chi connectivity index (χ4v) is 2.51. The van der Waals surface area contributed by atoms with Crippen molar-refractivity contribution in [2.75, 3.05) is 5.32 Å². The van der Waals surface area contributed by atoms with E-state index in [4.69, 9.17) is 4.74 Å². The van der Waals surface area contributed by atoms with Crippen LogP contribution in [-0.4, -0.2) is 10.9 Å². The smallest absolute Gasteiger partial charge is 0.416 e. The monoisotopic (exact) mass is 386 g/mol. The van der Waals surface area contributed by atoms with Crippen molar-refractivity contribution in [2.24, 2.45) is 0 Å². The molecule has 0 radical (unpaired) electrons. The van der Waals surface area contributed by atoms with E-state index in [0.717, 1.165) is 23.3 Å².